The predicted molar refractivity (Wildman–Crippen MR) is 83.1 cm³/mol. The van der Waals surface area contributed by atoms with Crippen molar-refractivity contribution >= 4 is 34.8 Å². The summed E-state index contributed by atoms with van der Waals surface area (Å²) < 4.78 is 4.46. The van der Waals surface area contributed by atoms with Gasteiger partial charge in [0.15, 0.2) is 0 Å². The third-order valence-electron chi connectivity index (χ3n) is 2.82. The Morgan fingerprint density at radius 1 is 1.14 bits per heavy atom. The van der Waals surface area contributed by atoms with Gasteiger partial charge in [0.25, 0.3) is 11.8 Å². The van der Waals surface area contributed by atoms with Gasteiger partial charge in [-0.25, -0.2) is 0 Å². The lowest BCUT2D eigenvalue weighted by atomic mass is 10.1. The van der Waals surface area contributed by atoms with Crippen LogP contribution in [0, 0.1) is 0 Å². The average Bonchev–Trinajstić information content (AvgIpc) is 3.07. The van der Waals surface area contributed by atoms with E-state index in [1.165, 1.54) is 18.4 Å². The van der Waals surface area contributed by atoms with Crippen molar-refractivity contribution in [3.63, 3.8) is 0 Å². The van der Waals surface area contributed by atoms with Crippen molar-refractivity contribution in [1.82, 2.24) is 5.32 Å². The van der Waals surface area contributed by atoms with Crippen LogP contribution in [0.4, 0.5) is 5.69 Å². The Balaban J connectivity index is 2.11. The number of benzene rings is 1. The van der Waals surface area contributed by atoms with Gasteiger partial charge in [-0.05, 0) is 23.6 Å². The zero-order chi connectivity index (χ0) is 15.9. The molecule has 0 radical (unpaired) electrons. The van der Waals surface area contributed by atoms with Crippen molar-refractivity contribution in [2.75, 3.05) is 19.0 Å². The fourth-order valence-electron chi connectivity index (χ4n) is 1.70. The van der Waals surface area contributed by atoms with Crippen LogP contribution in [-0.4, -0.2) is 31.4 Å². The van der Waals surface area contributed by atoms with E-state index in [4.69, 9.17) is 0 Å². The number of hydrogen-bond donors (Lipinski definition) is 2. The molecule has 2 N–H and O–H groups in total. The van der Waals surface area contributed by atoms with Crippen LogP contribution in [0.5, 0.6) is 0 Å². The van der Waals surface area contributed by atoms with Gasteiger partial charge in [-0.1, -0.05) is 12.1 Å². The third-order valence-corrected chi connectivity index (χ3v) is 3.51. The average molecular weight is 318 g/mol. The van der Waals surface area contributed by atoms with Crippen molar-refractivity contribution < 1.29 is 19.1 Å². The molecule has 2 aromatic rings. The maximum Gasteiger partial charge on any atom is 0.325 e. The molecule has 0 atom stereocenters. The molecule has 0 aliphatic rings. The molecule has 7 heteroatoms. The normalized spacial score (nSPS) is 9.86. The quantitative estimate of drug-likeness (QED) is 0.825. The van der Waals surface area contributed by atoms with Crippen molar-refractivity contribution in [3.8, 4) is 0 Å². The lowest BCUT2D eigenvalue weighted by Gasteiger charge is -2.10. The zero-order valence-corrected chi connectivity index (χ0v) is 12.6. The molecule has 2 amide bonds. The molecule has 2 rings (SSSR count). The summed E-state index contributed by atoms with van der Waals surface area (Å²) in [6, 6.07) is 8.26. The molecule has 1 heterocycles. The Bertz CT molecular complexity index is 683. The predicted octanol–water partition coefficient (Wildman–Crippen LogP) is 1.90. The standard InChI is InChI=1S/C15H14N2O4S/c1-21-13(18)8-16-15(20)11-4-2-3-5-12(11)17-14(19)10-6-7-22-9-10/h2-7,9H,8H2,1H3,(H,16,20)(H,17,19). The Labute approximate surface area is 131 Å². The summed E-state index contributed by atoms with van der Waals surface area (Å²) in [7, 11) is 1.24. The minimum absolute atomic E-state index is 0.234. The number of amides is 2. The fourth-order valence-corrected chi connectivity index (χ4v) is 2.33. The lowest BCUT2D eigenvalue weighted by Crippen LogP contribution is -2.30. The number of esters is 1. The number of carbonyl (C=O) groups is 3. The first-order valence-electron chi connectivity index (χ1n) is 6.39. The monoisotopic (exact) mass is 318 g/mol. The highest BCUT2D eigenvalue weighted by Gasteiger charge is 2.15. The SMILES string of the molecule is COC(=O)CNC(=O)c1ccccc1NC(=O)c1ccsc1. The van der Waals surface area contributed by atoms with E-state index in [0.29, 0.717) is 11.3 Å². The van der Waals surface area contributed by atoms with Gasteiger partial charge in [-0.3, -0.25) is 14.4 Å². The fraction of sp³-hybridized carbons (Fsp3) is 0.133. The van der Waals surface area contributed by atoms with E-state index in [9.17, 15) is 14.4 Å². The Morgan fingerprint density at radius 3 is 2.59 bits per heavy atom. The molecule has 6 nitrogen and oxygen atoms in total. The van der Waals surface area contributed by atoms with Gasteiger partial charge in [0, 0.05) is 5.38 Å². The topological polar surface area (TPSA) is 84.5 Å². The summed E-state index contributed by atoms with van der Waals surface area (Å²) in [5, 5.41) is 8.63. The molecule has 0 fully saturated rings. The van der Waals surface area contributed by atoms with Gasteiger partial charge in [0.05, 0.1) is 23.9 Å². The first-order valence-corrected chi connectivity index (χ1v) is 7.33. The number of methoxy groups -OCH3 is 1. The van der Waals surface area contributed by atoms with Gasteiger partial charge in [-0.15, -0.1) is 0 Å². The Kier molecular flexibility index (Phi) is 5.26. The molecule has 114 valence electrons. The molecule has 22 heavy (non-hydrogen) atoms. The van der Waals surface area contributed by atoms with E-state index in [1.54, 1.807) is 41.1 Å². The molecule has 1 aromatic carbocycles. The minimum Gasteiger partial charge on any atom is -0.468 e. The molecular formula is C15H14N2O4S. The number of hydrogen-bond acceptors (Lipinski definition) is 5. The number of anilines is 1. The number of rotatable bonds is 5. The van der Waals surface area contributed by atoms with Crippen LogP contribution in [0.3, 0.4) is 0 Å². The second-order valence-corrected chi connectivity index (χ2v) is 5.05. The van der Waals surface area contributed by atoms with Crippen molar-refractivity contribution in [3.05, 3.63) is 52.2 Å². The Morgan fingerprint density at radius 2 is 1.91 bits per heavy atom. The Hall–Kier alpha value is -2.67. The van der Waals surface area contributed by atoms with Crippen molar-refractivity contribution in [1.29, 1.82) is 0 Å². The van der Waals surface area contributed by atoms with Gasteiger partial charge in [-0.2, -0.15) is 11.3 Å². The summed E-state index contributed by atoms with van der Waals surface area (Å²) in [6.45, 7) is -0.234. The zero-order valence-electron chi connectivity index (χ0n) is 11.8. The highest BCUT2D eigenvalue weighted by atomic mass is 32.1. The van der Waals surface area contributed by atoms with Crippen molar-refractivity contribution in [2.24, 2.45) is 0 Å². The van der Waals surface area contributed by atoms with Crippen LogP contribution in [0.15, 0.2) is 41.1 Å². The lowest BCUT2D eigenvalue weighted by molar-refractivity contribution is -0.139. The molecular weight excluding hydrogens is 304 g/mol. The molecule has 0 saturated carbocycles. The molecule has 0 bridgehead atoms. The van der Waals surface area contributed by atoms with Crippen LogP contribution in [0.1, 0.15) is 20.7 Å². The molecule has 1 aromatic heterocycles. The maximum absolute atomic E-state index is 12.1. The summed E-state index contributed by atoms with van der Waals surface area (Å²) >= 11 is 1.41. The van der Waals surface area contributed by atoms with E-state index in [2.05, 4.69) is 15.4 Å². The number of carbonyl (C=O) groups excluding carboxylic acids is 3. The third kappa shape index (κ3) is 3.92. The van der Waals surface area contributed by atoms with Crippen LogP contribution < -0.4 is 10.6 Å². The van der Waals surface area contributed by atoms with Gasteiger partial charge in [0.1, 0.15) is 6.54 Å². The van der Waals surface area contributed by atoms with Gasteiger partial charge >= 0.3 is 5.97 Å². The number of para-hydroxylation sites is 1. The summed E-state index contributed by atoms with van der Waals surface area (Å²) in [6.07, 6.45) is 0. The van der Waals surface area contributed by atoms with E-state index in [1.807, 2.05) is 0 Å². The molecule has 0 unspecified atom stereocenters. The van der Waals surface area contributed by atoms with Crippen LogP contribution in [0.2, 0.25) is 0 Å². The highest BCUT2D eigenvalue weighted by Crippen LogP contribution is 2.17. The first-order chi connectivity index (χ1) is 10.6. The second kappa shape index (κ2) is 7.37. The van der Waals surface area contributed by atoms with Crippen LogP contribution >= 0.6 is 11.3 Å². The summed E-state index contributed by atoms with van der Waals surface area (Å²) in [5.41, 5.74) is 1.17. The second-order valence-electron chi connectivity index (χ2n) is 4.27. The van der Waals surface area contributed by atoms with E-state index in [-0.39, 0.29) is 18.0 Å². The highest BCUT2D eigenvalue weighted by molar-refractivity contribution is 7.08. The number of nitrogens with one attached hydrogen (secondary N) is 2. The van der Waals surface area contributed by atoms with Gasteiger partial charge in [0.2, 0.25) is 0 Å². The summed E-state index contributed by atoms with van der Waals surface area (Å²) in [4.78, 5) is 35.2. The smallest absolute Gasteiger partial charge is 0.325 e. The molecule has 0 aliphatic heterocycles. The van der Waals surface area contributed by atoms with Gasteiger partial charge < -0.3 is 15.4 Å². The maximum atomic E-state index is 12.1. The molecule has 0 spiro atoms. The van der Waals surface area contributed by atoms with Crippen LogP contribution in [0.25, 0.3) is 0 Å². The number of thiophene rings is 1. The molecule has 0 aliphatic carbocycles. The largest absolute Gasteiger partial charge is 0.468 e. The summed E-state index contributed by atoms with van der Waals surface area (Å²) in [5.74, 6) is -1.31. The van der Waals surface area contributed by atoms with E-state index in [0.717, 1.165) is 0 Å². The van der Waals surface area contributed by atoms with Crippen molar-refractivity contribution in [2.45, 2.75) is 0 Å². The number of ether oxygens (including phenoxy) is 1. The molecule has 0 saturated heterocycles. The van der Waals surface area contributed by atoms with E-state index < -0.39 is 11.9 Å². The van der Waals surface area contributed by atoms with Crippen LogP contribution in [-0.2, 0) is 9.53 Å². The van der Waals surface area contributed by atoms with E-state index >= 15 is 0 Å². The first kappa shape index (κ1) is 15.7. The minimum atomic E-state index is -0.548.